The van der Waals surface area contributed by atoms with E-state index in [9.17, 15) is 14.7 Å². The van der Waals surface area contributed by atoms with Crippen molar-refractivity contribution in [1.29, 1.82) is 0 Å². The second kappa shape index (κ2) is 5.77. The molecule has 2 rings (SSSR count). The van der Waals surface area contributed by atoms with Crippen molar-refractivity contribution >= 4 is 12.0 Å². The van der Waals surface area contributed by atoms with E-state index in [1.165, 1.54) is 0 Å². The zero-order valence-corrected chi connectivity index (χ0v) is 11.4. The molecule has 19 heavy (non-hydrogen) atoms. The average molecular weight is 270 g/mol. The lowest BCUT2D eigenvalue weighted by Crippen LogP contribution is -2.45. The first-order valence-electron chi connectivity index (χ1n) is 6.94. The SMILES string of the molecule is CCCC1(C(=O)O)CCN(C(=O)NC2CCOC2)C1. The smallest absolute Gasteiger partial charge is 0.317 e. The first-order chi connectivity index (χ1) is 9.07. The second-order valence-corrected chi connectivity index (χ2v) is 5.52. The monoisotopic (exact) mass is 270 g/mol. The number of carbonyl (C=O) groups is 2. The second-order valence-electron chi connectivity index (χ2n) is 5.52. The van der Waals surface area contributed by atoms with Crippen LogP contribution in [0.5, 0.6) is 0 Å². The molecule has 2 heterocycles. The molecule has 6 nitrogen and oxygen atoms in total. The Hall–Kier alpha value is -1.30. The minimum absolute atomic E-state index is 0.0681. The van der Waals surface area contributed by atoms with Gasteiger partial charge in [0.05, 0.1) is 18.1 Å². The number of hydrogen-bond donors (Lipinski definition) is 2. The Kier molecular flexibility index (Phi) is 4.29. The van der Waals surface area contributed by atoms with E-state index in [4.69, 9.17) is 4.74 Å². The molecule has 2 unspecified atom stereocenters. The number of urea groups is 1. The summed E-state index contributed by atoms with van der Waals surface area (Å²) in [5, 5.41) is 12.3. The number of nitrogens with zero attached hydrogens (tertiary/aromatic N) is 1. The summed E-state index contributed by atoms with van der Waals surface area (Å²) < 4.78 is 5.21. The van der Waals surface area contributed by atoms with E-state index in [1.807, 2.05) is 6.92 Å². The van der Waals surface area contributed by atoms with Crippen LogP contribution >= 0.6 is 0 Å². The Bertz CT molecular complexity index is 355. The van der Waals surface area contributed by atoms with Gasteiger partial charge in [-0.05, 0) is 19.3 Å². The van der Waals surface area contributed by atoms with Crippen LogP contribution in [-0.2, 0) is 9.53 Å². The average Bonchev–Trinajstić information content (AvgIpc) is 2.99. The lowest BCUT2D eigenvalue weighted by atomic mass is 9.83. The van der Waals surface area contributed by atoms with Crippen LogP contribution in [0.15, 0.2) is 0 Å². The van der Waals surface area contributed by atoms with E-state index < -0.39 is 11.4 Å². The van der Waals surface area contributed by atoms with Gasteiger partial charge in [0.1, 0.15) is 0 Å². The zero-order valence-electron chi connectivity index (χ0n) is 11.4. The molecule has 2 atom stereocenters. The third-order valence-corrected chi connectivity index (χ3v) is 4.08. The highest BCUT2D eigenvalue weighted by Crippen LogP contribution is 2.35. The van der Waals surface area contributed by atoms with Crippen LogP contribution in [0.25, 0.3) is 0 Å². The molecular weight excluding hydrogens is 248 g/mol. The van der Waals surface area contributed by atoms with Crippen molar-refractivity contribution < 1.29 is 19.4 Å². The first-order valence-corrected chi connectivity index (χ1v) is 6.94. The maximum atomic E-state index is 12.1. The fourth-order valence-corrected chi connectivity index (χ4v) is 2.92. The van der Waals surface area contributed by atoms with Gasteiger partial charge in [-0.3, -0.25) is 4.79 Å². The van der Waals surface area contributed by atoms with E-state index in [0.29, 0.717) is 39.1 Å². The van der Waals surface area contributed by atoms with Crippen LogP contribution in [0.4, 0.5) is 4.79 Å². The number of ether oxygens (including phenoxy) is 1. The minimum Gasteiger partial charge on any atom is -0.481 e. The first kappa shape index (κ1) is 14.1. The van der Waals surface area contributed by atoms with Gasteiger partial charge in [0, 0.05) is 19.7 Å². The number of rotatable bonds is 4. The summed E-state index contributed by atoms with van der Waals surface area (Å²) in [6, 6.07) is -0.0896. The van der Waals surface area contributed by atoms with Crippen LogP contribution in [0, 0.1) is 5.41 Å². The third-order valence-electron chi connectivity index (χ3n) is 4.08. The van der Waals surface area contributed by atoms with E-state index in [0.717, 1.165) is 12.8 Å². The maximum absolute atomic E-state index is 12.1. The number of carboxylic acid groups (broad SMARTS) is 1. The van der Waals surface area contributed by atoms with E-state index in [-0.39, 0.29) is 12.1 Å². The Morgan fingerprint density at radius 1 is 1.53 bits per heavy atom. The van der Waals surface area contributed by atoms with Crippen molar-refractivity contribution in [3.8, 4) is 0 Å². The number of aliphatic carboxylic acids is 1. The molecule has 2 amide bonds. The normalized spacial score (nSPS) is 30.6. The molecule has 108 valence electrons. The Morgan fingerprint density at radius 3 is 2.89 bits per heavy atom. The van der Waals surface area contributed by atoms with Crippen molar-refractivity contribution in [3.05, 3.63) is 0 Å². The fourth-order valence-electron chi connectivity index (χ4n) is 2.92. The Labute approximate surface area is 113 Å². The van der Waals surface area contributed by atoms with Crippen LogP contribution in [0.1, 0.15) is 32.6 Å². The fraction of sp³-hybridized carbons (Fsp3) is 0.846. The summed E-state index contributed by atoms with van der Waals surface area (Å²) >= 11 is 0. The number of likely N-dealkylation sites (tertiary alicyclic amines) is 1. The molecule has 0 aromatic rings. The number of nitrogens with one attached hydrogen (secondary N) is 1. The zero-order chi connectivity index (χ0) is 13.9. The van der Waals surface area contributed by atoms with Gasteiger partial charge >= 0.3 is 12.0 Å². The Morgan fingerprint density at radius 2 is 2.32 bits per heavy atom. The van der Waals surface area contributed by atoms with Gasteiger partial charge in [-0.25, -0.2) is 4.79 Å². The van der Waals surface area contributed by atoms with Gasteiger partial charge in [-0.2, -0.15) is 0 Å². The van der Waals surface area contributed by atoms with Crippen LogP contribution in [-0.4, -0.2) is 54.4 Å². The van der Waals surface area contributed by atoms with Gasteiger partial charge < -0.3 is 20.1 Å². The Balaban J connectivity index is 1.92. The number of carbonyl (C=O) groups excluding carboxylic acids is 1. The van der Waals surface area contributed by atoms with Gasteiger partial charge in [-0.15, -0.1) is 0 Å². The molecule has 2 N–H and O–H groups in total. The maximum Gasteiger partial charge on any atom is 0.317 e. The van der Waals surface area contributed by atoms with E-state index in [1.54, 1.807) is 4.90 Å². The lowest BCUT2D eigenvalue weighted by Gasteiger charge is -2.25. The van der Waals surface area contributed by atoms with Crippen molar-refractivity contribution in [2.75, 3.05) is 26.3 Å². The van der Waals surface area contributed by atoms with Crippen LogP contribution < -0.4 is 5.32 Å². The van der Waals surface area contributed by atoms with Gasteiger partial charge in [-0.1, -0.05) is 13.3 Å². The molecule has 6 heteroatoms. The molecule has 2 saturated heterocycles. The molecule has 2 aliphatic heterocycles. The topological polar surface area (TPSA) is 78.9 Å². The highest BCUT2D eigenvalue weighted by molar-refractivity contribution is 5.79. The van der Waals surface area contributed by atoms with Gasteiger partial charge in [0.25, 0.3) is 0 Å². The van der Waals surface area contributed by atoms with Crippen LogP contribution in [0.3, 0.4) is 0 Å². The number of carboxylic acids is 1. The molecule has 0 aliphatic carbocycles. The summed E-state index contributed by atoms with van der Waals surface area (Å²) in [5.74, 6) is -0.783. The van der Waals surface area contributed by atoms with Gasteiger partial charge in [0.15, 0.2) is 0 Å². The highest BCUT2D eigenvalue weighted by Gasteiger charge is 2.45. The highest BCUT2D eigenvalue weighted by atomic mass is 16.5. The predicted octanol–water partition coefficient (Wildman–Crippen LogP) is 1.06. The van der Waals surface area contributed by atoms with Crippen molar-refractivity contribution in [3.63, 3.8) is 0 Å². The van der Waals surface area contributed by atoms with Crippen molar-refractivity contribution in [2.24, 2.45) is 5.41 Å². The van der Waals surface area contributed by atoms with Crippen molar-refractivity contribution in [2.45, 2.75) is 38.6 Å². The largest absolute Gasteiger partial charge is 0.481 e. The quantitative estimate of drug-likeness (QED) is 0.800. The summed E-state index contributed by atoms with van der Waals surface area (Å²) in [4.78, 5) is 25.2. The molecule has 0 radical (unpaired) electrons. The summed E-state index contributed by atoms with van der Waals surface area (Å²) in [7, 11) is 0. The number of hydrogen-bond acceptors (Lipinski definition) is 3. The molecule has 0 aromatic carbocycles. The molecule has 0 spiro atoms. The molecule has 0 saturated carbocycles. The van der Waals surface area contributed by atoms with E-state index in [2.05, 4.69) is 5.32 Å². The van der Waals surface area contributed by atoms with Gasteiger partial charge in [0.2, 0.25) is 0 Å². The molecular formula is C13H22N2O4. The van der Waals surface area contributed by atoms with Crippen LogP contribution in [0.2, 0.25) is 0 Å². The summed E-state index contributed by atoms with van der Waals surface area (Å²) in [6.45, 7) is 4.04. The lowest BCUT2D eigenvalue weighted by molar-refractivity contribution is -0.148. The standard InChI is InChI=1S/C13H22N2O4/c1-2-4-13(11(16)17)5-6-15(9-13)12(18)14-10-3-7-19-8-10/h10H,2-9H2,1H3,(H,14,18)(H,16,17). The summed E-state index contributed by atoms with van der Waals surface area (Å²) in [5.41, 5.74) is -0.752. The molecule has 0 bridgehead atoms. The summed E-state index contributed by atoms with van der Waals surface area (Å²) in [6.07, 6.45) is 2.82. The number of amides is 2. The van der Waals surface area contributed by atoms with E-state index >= 15 is 0 Å². The minimum atomic E-state index is -0.783. The molecule has 0 aromatic heterocycles. The third kappa shape index (κ3) is 3.00. The van der Waals surface area contributed by atoms with Crippen molar-refractivity contribution in [1.82, 2.24) is 10.2 Å². The molecule has 2 aliphatic rings. The molecule has 2 fully saturated rings. The predicted molar refractivity (Wildman–Crippen MR) is 68.9 cm³/mol.